The average molecular weight is 402 g/mol. The van der Waals surface area contributed by atoms with Gasteiger partial charge in [0.2, 0.25) is 5.91 Å². The van der Waals surface area contributed by atoms with Crippen LogP contribution in [-0.4, -0.2) is 53.6 Å². The third kappa shape index (κ3) is 3.93. The normalized spacial score (nSPS) is 27.6. The van der Waals surface area contributed by atoms with Crippen molar-refractivity contribution in [1.82, 2.24) is 5.32 Å². The molecule has 0 bridgehead atoms. The fraction of sp³-hybridized carbons (Fsp3) is 0.556. The Morgan fingerprint density at radius 1 is 1.25 bits per heavy atom. The number of amides is 2. The number of benzene rings is 1. The van der Waals surface area contributed by atoms with Gasteiger partial charge in [-0.2, -0.15) is 0 Å². The number of halogens is 3. The van der Waals surface area contributed by atoms with Crippen LogP contribution < -0.4 is 10.2 Å². The largest absolute Gasteiger partial charge is 0.442 e. The maximum Gasteiger partial charge on any atom is 0.414 e. The second kappa shape index (κ2) is 7.96. The van der Waals surface area contributed by atoms with E-state index >= 15 is 0 Å². The Morgan fingerprint density at radius 3 is 2.61 bits per heavy atom. The van der Waals surface area contributed by atoms with Crippen LogP contribution in [0.4, 0.5) is 23.7 Å². The molecule has 1 saturated carbocycles. The number of nitrogens with zero attached hydrogens (tertiary/aromatic N) is 1. The highest BCUT2D eigenvalue weighted by Crippen LogP contribution is 2.39. The SMILES string of the molecule is CC(=O)NCC1CN(c2cc(F)c(C3CCC(O)C(O)C3)c(F)c2F)C(=O)O1. The minimum absolute atomic E-state index is 0.00940. The molecule has 0 radical (unpaired) electrons. The number of nitrogens with one attached hydrogen (secondary N) is 1. The minimum Gasteiger partial charge on any atom is -0.442 e. The number of hydrogen-bond donors (Lipinski definition) is 3. The molecule has 1 heterocycles. The van der Waals surface area contributed by atoms with Gasteiger partial charge in [0.1, 0.15) is 11.9 Å². The van der Waals surface area contributed by atoms with Crippen molar-refractivity contribution >= 4 is 17.7 Å². The molecule has 3 rings (SSSR count). The van der Waals surface area contributed by atoms with Crippen molar-refractivity contribution in [3.8, 4) is 0 Å². The Labute approximate surface area is 159 Å². The van der Waals surface area contributed by atoms with Crippen LogP contribution in [0.1, 0.15) is 37.7 Å². The number of rotatable bonds is 4. The summed E-state index contributed by atoms with van der Waals surface area (Å²) in [6.45, 7) is 1.09. The van der Waals surface area contributed by atoms with Gasteiger partial charge in [0, 0.05) is 18.6 Å². The number of ether oxygens (including phenoxy) is 1. The summed E-state index contributed by atoms with van der Waals surface area (Å²) in [5.41, 5.74) is -1.10. The molecule has 154 valence electrons. The van der Waals surface area contributed by atoms with Gasteiger partial charge < -0.3 is 20.3 Å². The summed E-state index contributed by atoms with van der Waals surface area (Å²) < 4.78 is 49.0. The third-order valence-corrected chi connectivity index (χ3v) is 5.11. The maximum absolute atomic E-state index is 14.7. The molecule has 2 fully saturated rings. The topological polar surface area (TPSA) is 99.1 Å². The highest BCUT2D eigenvalue weighted by atomic mass is 19.2. The number of aliphatic hydroxyl groups excluding tert-OH is 2. The molecule has 1 aromatic carbocycles. The number of hydrogen-bond acceptors (Lipinski definition) is 5. The van der Waals surface area contributed by atoms with E-state index in [0.717, 1.165) is 11.0 Å². The Morgan fingerprint density at radius 2 is 1.96 bits per heavy atom. The summed E-state index contributed by atoms with van der Waals surface area (Å²) in [4.78, 5) is 23.7. The lowest BCUT2D eigenvalue weighted by Crippen LogP contribution is -2.34. The number of cyclic esters (lactones) is 1. The Hall–Kier alpha value is -2.33. The monoisotopic (exact) mass is 402 g/mol. The van der Waals surface area contributed by atoms with Crippen LogP contribution in [0, 0.1) is 17.5 Å². The lowest BCUT2D eigenvalue weighted by molar-refractivity contribution is -0.119. The molecule has 0 spiro atoms. The van der Waals surface area contributed by atoms with E-state index < -0.39 is 59.0 Å². The van der Waals surface area contributed by atoms with E-state index in [-0.39, 0.29) is 38.3 Å². The van der Waals surface area contributed by atoms with Crippen molar-refractivity contribution in [2.45, 2.75) is 50.4 Å². The van der Waals surface area contributed by atoms with Crippen molar-refractivity contribution in [1.29, 1.82) is 0 Å². The summed E-state index contributed by atoms with van der Waals surface area (Å²) in [6.07, 6.45) is -3.66. The van der Waals surface area contributed by atoms with Gasteiger partial charge in [-0.25, -0.2) is 18.0 Å². The first-order valence-electron chi connectivity index (χ1n) is 8.95. The van der Waals surface area contributed by atoms with Gasteiger partial charge in [-0.3, -0.25) is 9.69 Å². The van der Waals surface area contributed by atoms with Crippen molar-refractivity contribution < 1.29 is 37.7 Å². The van der Waals surface area contributed by atoms with Crippen molar-refractivity contribution in [3.63, 3.8) is 0 Å². The van der Waals surface area contributed by atoms with Gasteiger partial charge in [0.05, 0.1) is 31.0 Å². The molecule has 2 amide bonds. The molecule has 4 unspecified atom stereocenters. The van der Waals surface area contributed by atoms with E-state index in [1.807, 2.05) is 0 Å². The zero-order valence-electron chi connectivity index (χ0n) is 15.1. The number of carbonyl (C=O) groups is 2. The molecule has 0 aromatic heterocycles. The Balaban J connectivity index is 1.84. The maximum atomic E-state index is 14.7. The number of anilines is 1. The quantitative estimate of drug-likeness (QED) is 0.664. The fourth-order valence-corrected chi connectivity index (χ4v) is 3.64. The van der Waals surface area contributed by atoms with Gasteiger partial charge in [-0.05, 0) is 25.2 Å². The zero-order chi connectivity index (χ0) is 20.6. The lowest BCUT2D eigenvalue weighted by atomic mass is 9.80. The van der Waals surface area contributed by atoms with E-state index in [9.17, 15) is 33.0 Å². The molecule has 1 saturated heterocycles. The summed E-state index contributed by atoms with van der Waals surface area (Å²) in [5, 5.41) is 21.8. The molecular weight excluding hydrogens is 381 g/mol. The van der Waals surface area contributed by atoms with Gasteiger partial charge in [0.25, 0.3) is 0 Å². The van der Waals surface area contributed by atoms with Crippen LogP contribution in [0.3, 0.4) is 0 Å². The van der Waals surface area contributed by atoms with Crippen molar-refractivity contribution in [2.24, 2.45) is 0 Å². The number of aliphatic hydroxyl groups is 2. The summed E-state index contributed by atoms with van der Waals surface area (Å²) in [5.74, 6) is -5.00. The molecule has 1 aliphatic heterocycles. The van der Waals surface area contributed by atoms with Gasteiger partial charge in [-0.15, -0.1) is 0 Å². The molecule has 1 aromatic rings. The van der Waals surface area contributed by atoms with Crippen LogP contribution in [0.2, 0.25) is 0 Å². The van der Waals surface area contributed by atoms with E-state index in [1.54, 1.807) is 0 Å². The van der Waals surface area contributed by atoms with Crippen LogP contribution in [0.25, 0.3) is 0 Å². The zero-order valence-corrected chi connectivity index (χ0v) is 15.1. The second-order valence-corrected chi connectivity index (χ2v) is 7.12. The van der Waals surface area contributed by atoms with E-state index in [4.69, 9.17) is 4.74 Å². The van der Waals surface area contributed by atoms with Crippen LogP contribution in [-0.2, 0) is 9.53 Å². The molecule has 7 nitrogen and oxygen atoms in total. The highest BCUT2D eigenvalue weighted by molar-refractivity contribution is 5.90. The summed E-state index contributed by atoms with van der Waals surface area (Å²) >= 11 is 0. The second-order valence-electron chi connectivity index (χ2n) is 7.12. The van der Waals surface area contributed by atoms with Crippen molar-refractivity contribution in [2.75, 3.05) is 18.0 Å². The Bertz CT molecular complexity index is 791. The summed E-state index contributed by atoms with van der Waals surface area (Å²) in [7, 11) is 0. The molecule has 2 aliphatic rings. The van der Waals surface area contributed by atoms with Gasteiger partial charge in [-0.1, -0.05) is 0 Å². The third-order valence-electron chi connectivity index (χ3n) is 5.11. The van der Waals surface area contributed by atoms with Crippen LogP contribution in [0.15, 0.2) is 6.07 Å². The van der Waals surface area contributed by atoms with Crippen molar-refractivity contribution in [3.05, 3.63) is 29.1 Å². The lowest BCUT2D eigenvalue weighted by Gasteiger charge is -2.31. The van der Waals surface area contributed by atoms with Crippen LogP contribution in [0.5, 0.6) is 0 Å². The molecule has 10 heteroatoms. The van der Waals surface area contributed by atoms with Crippen LogP contribution >= 0.6 is 0 Å². The summed E-state index contributed by atoms with van der Waals surface area (Å²) in [6, 6.07) is 0.729. The molecule has 4 atom stereocenters. The first-order chi connectivity index (χ1) is 13.2. The predicted molar refractivity (Wildman–Crippen MR) is 91.2 cm³/mol. The molecular formula is C18H21F3N2O5. The van der Waals surface area contributed by atoms with E-state index in [2.05, 4.69) is 5.32 Å². The van der Waals surface area contributed by atoms with E-state index in [1.165, 1.54) is 6.92 Å². The highest BCUT2D eigenvalue weighted by Gasteiger charge is 2.38. The average Bonchev–Trinajstić information content (AvgIpc) is 3.00. The minimum atomic E-state index is -1.43. The molecule has 3 N–H and O–H groups in total. The van der Waals surface area contributed by atoms with Gasteiger partial charge in [0.15, 0.2) is 11.6 Å². The Kier molecular flexibility index (Phi) is 5.80. The number of carbonyl (C=O) groups excluding carboxylic acids is 2. The standard InChI is InChI=1S/C18H21F3N2O5/c1-8(24)22-6-10-7-23(18(27)28-10)12-5-11(19)15(17(21)16(12)20)9-2-3-13(25)14(26)4-9/h5,9-10,13-14,25-26H,2-4,6-7H2,1H3,(H,22,24). The van der Waals surface area contributed by atoms with Gasteiger partial charge >= 0.3 is 6.09 Å². The predicted octanol–water partition coefficient (Wildman–Crippen LogP) is 1.55. The van der Waals surface area contributed by atoms with E-state index in [0.29, 0.717) is 0 Å². The first kappa shape index (κ1) is 20.4. The fourth-order valence-electron chi connectivity index (χ4n) is 3.64. The molecule has 1 aliphatic carbocycles. The first-order valence-corrected chi connectivity index (χ1v) is 8.95. The smallest absolute Gasteiger partial charge is 0.414 e. The molecule has 28 heavy (non-hydrogen) atoms.